The lowest BCUT2D eigenvalue weighted by molar-refractivity contribution is -0.0145. The maximum absolute atomic E-state index is 12.8. The monoisotopic (exact) mass is 548 g/mol. The molecule has 0 bridgehead atoms. The molecule has 0 amide bonds. The summed E-state index contributed by atoms with van der Waals surface area (Å²) in [6.07, 6.45) is 13.4. The van der Waals surface area contributed by atoms with Gasteiger partial charge in [-0.1, -0.05) is 25.7 Å². The molecule has 5 rings (SSSR count). The van der Waals surface area contributed by atoms with Crippen molar-refractivity contribution < 1.29 is 13.2 Å². The summed E-state index contributed by atoms with van der Waals surface area (Å²) in [5.41, 5.74) is 2.05. The Balaban J connectivity index is 1.45. The average Bonchev–Trinajstić information content (AvgIpc) is 3.41. The number of nitrogens with one attached hydrogen (secondary N) is 2. The van der Waals surface area contributed by atoms with Crippen LogP contribution in [0.25, 0.3) is 22.0 Å². The molecule has 2 aromatic heterocycles. The standard InChI is InChI=1S/C30H36N4O4S/c1-4-7-22(8-6-17-34-20-30(21-34)12-15-31-16-13-30)38-27-10-9-23(39(36,37)5-2)18-25(27)26-19-33(3)29(35)28-24(26)11-14-32-28/h4,6-11,14,18-19,31-32H,1,5,12-13,15-17,20-21H2,2-3H3/b8-6-,22-7+. The van der Waals surface area contributed by atoms with Gasteiger partial charge in [-0.2, -0.15) is 0 Å². The Bertz CT molecular complexity index is 1600. The first-order valence-corrected chi connectivity index (χ1v) is 15.0. The molecule has 2 saturated heterocycles. The number of H-pyrrole nitrogens is 1. The van der Waals surface area contributed by atoms with Crippen LogP contribution in [0.3, 0.4) is 0 Å². The molecule has 2 fully saturated rings. The molecular formula is C30H36N4O4S. The van der Waals surface area contributed by atoms with Crippen LogP contribution >= 0.6 is 0 Å². The predicted octanol–water partition coefficient (Wildman–Crippen LogP) is 4.02. The van der Waals surface area contributed by atoms with Gasteiger partial charge in [-0.3, -0.25) is 9.69 Å². The molecule has 206 valence electrons. The highest BCUT2D eigenvalue weighted by atomic mass is 32.2. The number of aromatic amines is 1. The van der Waals surface area contributed by atoms with E-state index >= 15 is 0 Å². The summed E-state index contributed by atoms with van der Waals surface area (Å²) < 4.78 is 33.4. The molecule has 0 aliphatic carbocycles. The number of rotatable bonds is 9. The van der Waals surface area contributed by atoms with Crippen LogP contribution in [-0.2, 0) is 16.9 Å². The van der Waals surface area contributed by atoms with Gasteiger partial charge >= 0.3 is 0 Å². The first-order valence-electron chi connectivity index (χ1n) is 13.4. The van der Waals surface area contributed by atoms with Gasteiger partial charge in [0.1, 0.15) is 17.0 Å². The quantitative estimate of drug-likeness (QED) is 0.310. The maximum atomic E-state index is 12.8. The third-order valence-corrected chi connectivity index (χ3v) is 9.54. The molecule has 1 aromatic carbocycles. The fourth-order valence-corrected chi connectivity index (χ4v) is 6.55. The van der Waals surface area contributed by atoms with Gasteiger partial charge in [0.15, 0.2) is 9.84 Å². The number of pyridine rings is 1. The van der Waals surface area contributed by atoms with Gasteiger partial charge < -0.3 is 19.6 Å². The van der Waals surface area contributed by atoms with Crippen LogP contribution in [0, 0.1) is 5.41 Å². The Hall–Kier alpha value is -3.40. The van der Waals surface area contributed by atoms with Crippen molar-refractivity contribution in [2.24, 2.45) is 12.5 Å². The lowest BCUT2D eigenvalue weighted by atomic mass is 9.72. The van der Waals surface area contributed by atoms with Crippen molar-refractivity contribution in [3.8, 4) is 16.9 Å². The highest BCUT2D eigenvalue weighted by Gasteiger charge is 2.42. The van der Waals surface area contributed by atoms with Crippen LogP contribution in [0.5, 0.6) is 5.75 Å². The number of sulfone groups is 1. The Labute approximate surface area is 229 Å². The molecule has 3 aromatic rings. The smallest absolute Gasteiger partial charge is 0.274 e. The number of piperidine rings is 1. The summed E-state index contributed by atoms with van der Waals surface area (Å²) in [6, 6.07) is 6.71. The van der Waals surface area contributed by atoms with Crippen molar-refractivity contribution in [2.75, 3.05) is 38.5 Å². The second-order valence-corrected chi connectivity index (χ2v) is 12.8. The van der Waals surface area contributed by atoms with Gasteiger partial charge in [-0.05, 0) is 67.8 Å². The highest BCUT2D eigenvalue weighted by Crippen LogP contribution is 2.39. The van der Waals surface area contributed by atoms with E-state index in [0.29, 0.717) is 39.0 Å². The molecule has 0 saturated carbocycles. The van der Waals surface area contributed by atoms with Crippen molar-refractivity contribution in [3.63, 3.8) is 0 Å². The second kappa shape index (κ2) is 11.0. The summed E-state index contributed by atoms with van der Waals surface area (Å²) >= 11 is 0. The molecule has 0 unspecified atom stereocenters. The fraction of sp³-hybridized carbons (Fsp3) is 0.367. The first kappa shape index (κ1) is 27.2. The number of allylic oxidation sites excluding steroid dienone is 3. The molecule has 39 heavy (non-hydrogen) atoms. The average molecular weight is 549 g/mol. The summed E-state index contributed by atoms with van der Waals surface area (Å²) in [5.74, 6) is 1.06. The van der Waals surface area contributed by atoms with Crippen LogP contribution in [-0.4, -0.2) is 61.3 Å². The zero-order valence-corrected chi connectivity index (χ0v) is 23.4. The Morgan fingerprint density at radius 3 is 2.67 bits per heavy atom. The van der Waals surface area contributed by atoms with Gasteiger partial charge in [0.25, 0.3) is 5.56 Å². The Kier molecular flexibility index (Phi) is 7.66. The summed E-state index contributed by atoms with van der Waals surface area (Å²) in [4.78, 5) is 18.3. The topological polar surface area (TPSA) is 96.4 Å². The number of ether oxygens (including phenoxy) is 1. The van der Waals surface area contributed by atoms with Crippen LogP contribution in [0.1, 0.15) is 19.8 Å². The summed E-state index contributed by atoms with van der Waals surface area (Å²) in [7, 11) is -1.79. The number of aryl methyl sites for hydroxylation is 1. The zero-order chi connectivity index (χ0) is 27.6. The van der Waals surface area contributed by atoms with Crippen LogP contribution in [0.2, 0.25) is 0 Å². The Morgan fingerprint density at radius 1 is 1.18 bits per heavy atom. The van der Waals surface area contributed by atoms with E-state index in [2.05, 4.69) is 27.9 Å². The van der Waals surface area contributed by atoms with Crippen molar-refractivity contribution in [3.05, 3.63) is 83.7 Å². The highest BCUT2D eigenvalue weighted by molar-refractivity contribution is 7.91. The van der Waals surface area contributed by atoms with Crippen molar-refractivity contribution in [2.45, 2.75) is 24.7 Å². The van der Waals surface area contributed by atoms with Gasteiger partial charge in [0.2, 0.25) is 0 Å². The first-order chi connectivity index (χ1) is 18.7. The van der Waals surface area contributed by atoms with Crippen LogP contribution < -0.4 is 15.6 Å². The lowest BCUT2D eigenvalue weighted by Gasteiger charge is -2.52. The second-order valence-electron chi connectivity index (χ2n) is 10.5. The molecular weight excluding hydrogens is 512 g/mol. The van der Waals surface area contributed by atoms with E-state index in [1.807, 2.05) is 12.1 Å². The molecule has 2 aliphatic heterocycles. The van der Waals surface area contributed by atoms with Crippen molar-refractivity contribution >= 4 is 20.7 Å². The maximum Gasteiger partial charge on any atom is 0.274 e. The van der Waals surface area contributed by atoms with Crippen molar-refractivity contribution in [1.29, 1.82) is 0 Å². The summed E-state index contributed by atoms with van der Waals surface area (Å²) in [6.45, 7) is 10.7. The number of aromatic nitrogens is 2. The minimum atomic E-state index is -3.46. The number of likely N-dealkylation sites (tertiary alicyclic amines) is 1. The van der Waals surface area contributed by atoms with Gasteiger partial charge in [0.05, 0.1) is 10.6 Å². The molecule has 8 nitrogen and oxygen atoms in total. The predicted molar refractivity (Wildman–Crippen MR) is 156 cm³/mol. The summed E-state index contributed by atoms with van der Waals surface area (Å²) in [5, 5.41) is 4.14. The number of benzene rings is 1. The molecule has 1 spiro atoms. The third-order valence-electron chi connectivity index (χ3n) is 7.81. The van der Waals surface area contributed by atoms with E-state index in [4.69, 9.17) is 4.74 Å². The van der Waals surface area contributed by atoms with Gasteiger partial charge in [-0.25, -0.2) is 8.42 Å². The van der Waals surface area contributed by atoms with E-state index in [9.17, 15) is 13.2 Å². The Morgan fingerprint density at radius 2 is 1.95 bits per heavy atom. The number of hydrogen-bond acceptors (Lipinski definition) is 6. The normalized spacial score (nSPS) is 18.1. The minimum absolute atomic E-state index is 0.0157. The van der Waals surface area contributed by atoms with Gasteiger partial charge in [-0.15, -0.1) is 0 Å². The fourth-order valence-electron chi connectivity index (χ4n) is 5.64. The van der Waals surface area contributed by atoms with E-state index in [0.717, 1.165) is 32.7 Å². The van der Waals surface area contributed by atoms with Crippen LogP contribution in [0.4, 0.5) is 0 Å². The number of nitrogens with zero attached hydrogens (tertiary/aromatic N) is 2. The lowest BCUT2D eigenvalue weighted by Crippen LogP contribution is -2.59. The van der Waals surface area contributed by atoms with E-state index < -0.39 is 9.84 Å². The van der Waals surface area contributed by atoms with Crippen LogP contribution in [0.15, 0.2) is 83.0 Å². The SMILES string of the molecule is C=C/C=C(\C=C/CN1CC2(CCNCC2)C1)Oc1ccc(S(=O)(=O)CC)cc1-c1cn(C)c(=O)c2[nH]ccc12. The largest absolute Gasteiger partial charge is 0.457 e. The molecule has 0 radical (unpaired) electrons. The third kappa shape index (κ3) is 5.52. The van der Waals surface area contributed by atoms with E-state index in [-0.39, 0.29) is 16.2 Å². The molecule has 2 aliphatic rings. The van der Waals surface area contributed by atoms with Crippen molar-refractivity contribution in [1.82, 2.24) is 19.8 Å². The molecule has 0 atom stereocenters. The molecule has 9 heteroatoms. The number of fused-ring (bicyclic) bond motifs is 1. The van der Waals surface area contributed by atoms with E-state index in [1.165, 1.54) is 17.4 Å². The van der Waals surface area contributed by atoms with Gasteiger partial charge in [0, 0.05) is 55.6 Å². The number of hydrogen-bond donors (Lipinski definition) is 2. The van der Waals surface area contributed by atoms with E-state index in [1.54, 1.807) is 56.7 Å². The zero-order valence-electron chi connectivity index (χ0n) is 22.6. The molecule has 4 heterocycles. The minimum Gasteiger partial charge on any atom is -0.457 e. The molecule has 2 N–H and O–H groups in total.